The van der Waals surface area contributed by atoms with E-state index in [1.165, 1.54) is 45.3 Å². The van der Waals surface area contributed by atoms with Gasteiger partial charge in [-0.25, -0.2) is 0 Å². The lowest BCUT2D eigenvalue weighted by Crippen LogP contribution is -2.39. The smallest absolute Gasteiger partial charge is 0.190 e. The van der Waals surface area contributed by atoms with Gasteiger partial charge in [0.15, 0.2) is 11.6 Å². The van der Waals surface area contributed by atoms with Crippen molar-refractivity contribution in [2.75, 3.05) is 39.8 Å². The molecule has 3 rings (SSSR count). The summed E-state index contributed by atoms with van der Waals surface area (Å²) in [7, 11) is 1.82. The van der Waals surface area contributed by atoms with Gasteiger partial charge in [-0.2, -0.15) is 0 Å². The third kappa shape index (κ3) is 5.42. The number of fused-ring (bicyclic) bond motifs is 1. The van der Waals surface area contributed by atoms with Crippen LogP contribution in [0.3, 0.4) is 0 Å². The van der Waals surface area contributed by atoms with Gasteiger partial charge in [0.05, 0.1) is 0 Å². The van der Waals surface area contributed by atoms with Crippen LogP contribution in [0.5, 0.6) is 0 Å². The average Bonchev–Trinajstić information content (AvgIpc) is 2.90. The lowest BCUT2D eigenvalue weighted by molar-refractivity contribution is 0.282. The molecule has 3 heterocycles. The van der Waals surface area contributed by atoms with Gasteiger partial charge in [-0.05, 0) is 51.0 Å². The first-order valence-electron chi connectivity index (χ1n) is 9.82. The van der Waals surface area contributed by atoms with Gasteiger partial charge < -0.3 is 15.5 Å². The summed E-state index contributed by atoms with van der Waals surface area (Å²) in [5.74, 6) is 1.82. The molecular weight excluding hydrogens is 326 g/mol. The van der Waals surface area contributed by atoms with E-state index in [1.54, 1.807) is 0 Å². The van der Waals surface area contributed by atoms with Crippen LogP contribution in [0.1, 0.15) is 37.9 Å². The maximum Gasteiger partial charge on any atom is 0.190 e. The number of likely N-dealkylation sites (tertiary alicyclic amines) is 1. The largest absolute Gasteiger partial charge is 0.356 e. The summed E-state index contributed by atoms with van der Waals surface area (Å²) in [5, 5.41) is 15.2. The number of aromatic nitrogens is 3. The molecule has 2 aromatic rings. The van der Waals surface area contributed by atoms with Crippen LogP contribution in [-0.4, -0.2) is 65.2 Å². The van der Waals surface area contributed by atoms with Gasteiger partial charge in [0, 0.05) is 32.8 Å². The van der Waals surface area contributed by atoms with E-state index >= 15 is 0 Å². The molecule has 0 spiro atoms. The van der Waals surface area contributed by atoms with E-state index in [1.807, 2.05) is 35.8 Å². The van der Waals surface area contributed by atoms with Crippen molar-refractivity contribution in [2.24, 2.45) is 4.99 Å². The van der Waals surface area contributed by atoms with Crippen LogP contribution in [0, 0.1) is 0 Å². The maximum atomic E-state index is 4.31. The summed E-state index contributed by atoms with van der Waals surface area (Å²) in [6, 6.07) is 5.94. The molecule has 7 heteroatoms. The molecule has 0 aliphatic carbocycles. The van der Waals surface area contributed by atoms with Gasteiger partial charge in [-0.15, -0.1) is 10.2 Å². The molecule has 1 saturated heterocycles. The molecule has 1 aliphatic rings. The van der Waals surface area contributed by atoms with Gasteiger partial charge in [-0.1, -0.05) is 18.9 Å². The topological polar surface area (TPSA) is 69.8 Å². The van der Waals surface area contributed by atoms with Crippen LogP contribution in [0.2, 0.25) is 0 Å². The van der Waals surface area contributed by atoms with Crippen molar-refractivity contribution in [2.45, 2.75) is 38.5 Å². The minimum absolute atomic E-state index is 0.779. The first kappa shape index (κ1) is 18.6. The van der Waals surface area contributed by atoms with Crippen molar-refractivity contribution in [3.05, 3.63) is 30.2 Å². The molecule has 2 N–H and O–H groups in total. The zero-order chi connectivity index (χ0) is 18.0. The third-order valence-corrected chi connectivity index (χ3v) is 4.89. The molecular formula is C19H31N7. The molecule has 0 saturated carbocycles. The van der Waals surface area contributed by atoms with Crippen LogP contribution in [0.25, 0.3) is 5.65 Å². The van der Waals surface area contributed by atoms with Crippen molar-refractivity contribution in [3.63, 3.8) is 0 Å². The number of pyridine rings is 1. The first-order valence-corrected chi connectivity index (χ1v) is 9.82. The predicted octanol–water partition coefficient (Wildman–Crippen LogP) is 1.70. The zero-order valence-electron chi connectivity index (χ0n) is 15.8. The summed E-state index contributed by atoms with van der Waals surface area (Å²) >= 11 is 0. The Labute approximate surface area is 155 Å². The third-order valence-electron chi connectivity index (χ3n) is 4.89. The molecule has 0 aromatic carbocycles. The Bertz CT molecular complexity index is 686. The molecule has 1 fully saturated rings. The van der Waals surface area contributed by atoms with Crippen molar-refractivity contribution >= 4 is 11.6 Å². The summed E-state index contributed by atoms with van der Waals surface area (Å²) < 4.78 is 2.03. The SMILES string of the molecule is CN=C(NCCCN1CCCCCC1)NCCc1nnc2ccccn12. The van der Waals surface area contributed by atoms with Crippen LogP contribution < -0.4 is 10.6 Å². The summed E-state index contributed by atoms with van der Waals surface area (Å²) in [5.41, 5.74) is 0.888. The fourth-order valence-corrected chi connectivity index (χ4v) is 3.44. The minimum Gasteiger partial charge on any atom is -0.356 e. The number of nitrogens with zero attached hydrogens (tertiary/aromatic N) is 5. The number of rotatable bonds is 7. The van der Waals surface area contributed by atoms with Crippen LogP contribution >= 0.6 is 0 Å². The highest BCUT2D eigenvalue weighted by molar-refractivity contribution is 5.79. The van der Waals surface area contributed by atoms with E-state index in [0.29, 0.717) is 0 Å². The minimum atomic E-state index is 0.779. The zero-order valence-corrected chi connectivity index (χ0v) is 15.8. The Morgan fingerprint density at radius 1 is 1.08 bits per heavy atom. The van der Waals surface area contributed by atoms with Crippen molar-refractivity contribution in [1.29, 1.82) is 0 Å². The molecule has 0 radical (unpaired) electrons. The van der Waals surface area contributed by atoms with Crippen LogP contribution in [0.15, 0.2) is 29.4 Å². The van der Waals surface area contributed by atoms with Crippen molar-refractivity contribution in [3.8, 4) is 0 Å². The lowest BCUT2D eigenvalue weighted by Gasteiger charge is -2.20. The Kier molecular flexibility index (Phi) is 7.25. The number of nitrogens with one attached hydrogen (secondary N) is 2. The second kappa shape index (κ2) is 10.1. The quantitative estimate of drug-likeness (QED) is 0.448. The first-order chi connectivity index (χ1) is 12.9. The monoisotopic (exact) mass is 357 g/mol. The summed E-state index contributed by atoms with van der Waals surface area (Å²) in [6.45, 7) is 5.43. The number of aliphatic imine (C=N–C) groups is 1. The Hall–Kier alpha value is -2.15. The second-order valence-electron chi connectivity index (χ2n) is 6.83. The van der Waals surface area contributed by atoms with Crippen LogP contribution in [-0.2, 0) is 6.42 Å². The van der Waals surface area contributed by atoms with Crippen molar-refractivity contribution < 1.29 is 0 Å². The van der Waals surface area contributed by atoms with E-state index in [2.05, 4.69) is 30.7 Å². The van der Waals surface area contributed by atoms with Gasteiger partial charge >= 0.3 is 0 Å². The van der Waals surface area contributed by atoms with E-state index in [0.717, 1.165) is 43.4 Å². The molecule has 1 aliphatic heterocycles. The van der Waals surface area contributed by atoms with E-state index in [-0.39, 0.29) is 0 Å². The van der Waals surface area contributed by atoms with E-state index in [4.69, 9.17) is 0 Å². The van der Waals surface area contributed by atoms with E-state index in [9.17, 15) is 0 Å². The molecule has 26 heavy (non-hydrogen) atoms. The highest BCUT2D eigenvalue weighted by Gasteiger charge is 2.08. The highest BCUT2D eigenvalue weighted by atomic mass is 15.2. The average molecular weight is 358 g/mol. The molecule has 0 unspecified atom stereocenters. The fraction of sp³-hybridized carbons (Fsp3) is 0.632. The maximum absolute atomic E-state index is 4.31. The summed E-state index contributed by atoms with van der Waals surface area (Å²) in [4.78, 5) is 6.91. The number of guanidine groups is 1. The highest BCUT2D eigenvalue weighted by Crippen LogP contribution is 2.09. The molecule has 0 amide bonds. The lowest BCUT2D eigenvalue weighted by atomic mass is 10.2. The van der Waals surface area contributed by atoms with Gasteiger partial charge in [0.1, 0.15) is 5.82 Å². The standard InChI is InChI=1S/C19H31N7/c1-20-19(21-11-8-15-25-13-5-2-3-6-14-25)22-12-10-18-24-23-17-9-4-7-16-26(17)18/h4,7,9,16H,2-3,5-6,8,10-15H2,1H3,(H2,20,21,22). The Morgan fingerprint density at radius 2 is 1.88 bits per heavy atom. The Morgan fingerprint density at radius 3 is 2.69 bits per heavy atom. The van der Waals surface area contributed by atoms with Crippen LogP contribution in [0.4, 0.5) is 0 Å². The molecule has 142 valence electrons. The fourth-order valence-electron chi connectivity index (χ4n) is 3.44. The molecule has 7 nitrogen and oxygen atoms in total. The molecule has 0 bridgehead atoms. The van der Waals surface area contributed by atoms with E-state index < -0.39 is 0 Å². The number of hydrogen-bond donors (Lipinski definition) is 2. The second-order valence-corrected chi connectivity index (χ2v) is 6.83. The van der Waals surface area contributed by atoms with Crippen molar-refractivity contribution in [1.82, 2.24) is 30.1 Å². The van der Waals surface area contributed by atoms with Gasteiger partial charge in [0.2, 0.25) is 0 Å². The predicted molar refractivity (Wildman–Crippen MR) is 106 cm³/mol. The van der Waals surface area contributed by atoms with Gasteiger partial charge in [-0.3, -0.25) is 9.39 Å². The number of hydrogen-bond acceptors (Lipinski definition) is 4. The summed E-state index contributed by atoms with van der Waals surface area (Å²) in [6.07, 6.45) is 9.46. The normalized spacial score (nSPS) is 16.6. The molecule has 0 atom stereocenters. The van der Waals surface area contributed by atoms with Gasteiger partial charge in [0.25, 0.3) is 0 Å². The Balaban J connectivity index is 1.34. The molecule has 2 aromatic heterocycles.